The van der Waals surface area contributed by atoms with E-state index in [0.29, 0.717) is 43.3 Å². The zero-order valence-electron chi connectivity index (χ0n) is 18.2. The van der Waals surface area contributed by atoms with Crippen molar-refractivity contribution >= 4 is 31.3 Å². The van der Waals surface area contributed by atoms with Gasteiger partial charge in [-0.25, -0.2) is 10.4 Å². The zero-order valence-corrected chi connectivity index (χ0v) is 18.2. The smallest absolute Gasteiger partial charge is 0.236 e. The second-order valence-electron chi connectivity index (χ2n) is 6.14. The molecule has 1 aromatic rings. The maximum Gasteiger partial charge on any atom is 0.236 e. The molecular weight excluding hydrogens is 386 g/mol. The van der Waals surface area contributed by atoms with Crippen molar-refractivity contribution in [1.82, 2.24) is 15.8 Å². The summed E-state index contributed by atoms with van der Waals surface area (Å²) in [6.07, 6.45) is 7.81. The van der Waals surface area contributed by atoms with Gasteiger partial charge >= 0.3 is 0 Å². The summed E-state index contributed by atoms with van der Waals surface area (Å²) in [4.78, 5) is 30.4. The van der Waals surface area contributed by atoms with Crippen LogP contribution >= 0.6 is 0 Å². The summed E-state index contributed by atoms with van der Waals surface area (Å²) < 4.78 is 5.84. The highest BCUT2D eigenvalue weighted by molar-refractivity contribution is 5.90. The van der Waals surface area contributed by atoms with Crippen LogP contribution in [-0.4, -0.2) is 49.9 Å². The van der Waals surface area contributed by atoms with Gasteiger partial charge in [0.1, 0.15) is 5.75 Å². The van der Waals surface area contributed by atoms with Gasteiger partial charge in [0, 0.05) is 13.6 Å². The summed E-state index contributed by atoms with van der Waals surface area (Å²) in [5.41, 5.74) is 4.07. The van der Waals surface area contributed by atoms with E-state index in [1.165, 1.54) is 5.01 Å². The predicted octanol–water partition coefficient (Wildman–Crippen LogP) is 2.07. The Morgan fingerprint density at radius 3 is 2.40 bits per heavy atom. The van der Waals surface area contributed by atoms with E-state index in [4.69, 9.17) is 9.53 Å². The molecule has 30 heavy (non-hydrogen) atoms. The number of amides is 3. The minimum atomic E-state index is 0.292. The highest BCUT2D eigenvalue weighted by atomic mass is 16.5. The molecule has 0 heterocycles. The lowest BCUT2D eigenvalue weighted by Crippen LogP contribution is -2.14. The number of aryl methyl sites for hydroxylation is 1. The number of benzene rings is 1. The Hall–Kier alpha value is -3.49. The average molecular weight is 418 g/mol. The number of rotatable bonds is 11. The summed E-state index contributed by atoms with van der Waals surface area (Å²) in [6, 6.07) is 5.60. The van der Waals surface area contributed by atoms with Crippen molar-refractivity contribution < 1.29 is 19.1 Å². The maximum atomic E-state index is 10.8. The lowest BCUT2D eigenvalue weighted by atomic mass is 10.1. The number of nitrogens with one attached hydrogen (secondary N) is 2. The Bertz CT molecular complexity index is 745. The fraction of sp³-hybridized carbons (Fsp3) is 0.381. The maximum absolute atomic E-state index is 10.8. The lowest BCUT2D eigenvalue weighted by molar-refractivity contribution is -0.118. The molecule has 9 heteroatoms. The second kappa shape index (κ2) is 16.5. The molecule has 0 aromatic heterocycles. The fourth-order valence-corrected chi connectivity index (χ4v) is 1.95. The van der Waals surface area contributed by atoms with Crippen molar-refractivity contribution in [2.45, 2.75) is 34.1 Å². The van der Waals surface area contributed by atoms with Gasteiger partial charge in [0.05, 0.1) is 6.21 Å². The van der Waals surface area contributed by atoms with Crippen LogP contribution in [0.4, 0.5) is 0 Å². The van der Waals surface area contributed by atoms with E-state index in [2.05, 4.69) is 20.9 Å². The number of allylic oxidation sites excluding steroid dienone is 1. The van der Waals surface area contributed by atoms with Crippen molar-refractivity contribution in [3.63, 3.8) is 0 Å². The highest BCUT2D eigenvalue weighted by Gasteiger charge is 2.07. The quantitative estimate of drug-likeness (QED) is 0.248. The number of carbonyl (C=O) groups excluding carboxylic acids is 3. The molecule has 0 saturated carbocycles. The lowest BCUT2D eigenvalue weighted by Gasteiger charge is -2.11. The van der Waals surface area contributed by atoms with Crippen molar-refractivity contribution in [3.05, 3.63) is 41.5 Å². The summed E-state index contributed by atoms with van der Waals surface area (Å²) in [7, 11) is 1.56. The van der Waals surface area contributed by atoms with E-state index in [-0.39, 0.29) is 0 Å². The molecule has 0 bridgehead atoms. The van der Waals surface area contributed by atoms with E-state index >= 15 is 0 Å². The summed E-state index contributed by atoms with van der Waals surface area (Å²) in [5, 5.41) is 11.6. The van der Waals surface area contributed by atoms with E-state index < -0.39 is 0 Å². The summed E-state index contributed by atoms with van der Waals surface area (Å²) in [6.45, 7) is 8.43. The third-order valence-corrected chi connectivity index (χ3v) is 3.45. The van der Waals surface area contributed by atoms with Crippen LogP contribution in [0.5, 0.6) is 5.75 Å². The zero-order chi connectivity index (χ0) is 22.8. The van der Waals surface area contributed by atoms with Crippen LogP contribution in [0.3, 0.4) is 0 Å². The monoisotopic (exact) mass is 417 g/mol. The first-order valence-electron chi connectivity index (χ1n) is 9.58. The van der Waals surface area contributed by atoms with Crippen molar-refractivity contribution in [3.8, 4) is 5.75 Å². The molecule has 0 saturated heterocycles. The minimum Gasteiger partial charge on any atom is -0.437 e. The van der Waals surface area contributed by atoms with E-state index in [1.54, 1.807) is 19.3 Å². The van der Waals surface area contributed by atoms with Crippen LogP contribution < -0.4 is 15.5 Å². The topological polar surface area (TPSA) is 112 Å². The molecule has 0 atom stereocenters. The fourth-order valence-electron chi connectivity index (χ4n) is 1.95. The van der Waals surface area contributed by atoms with Gasteiger partial charge in [-0.15, -0.1) is 5.10 Å². The summed E-state index contributed by atoms with van der Waals surface area (Å²) >= 11 is 0. The normalized spacial score (nSPS) is 11.1. The number of ether oxygens (including phenoxy) is 1. The van der Waals surface area contributed by atoms with Crippen LogP contribution in [0.2, 0.25) is 0 Å². The molecule has 0 fully saturated rings. The average Bonchev–Trinajstić information content (AvgIpc) is 2.76. The van der Waals surface area contributed by atoms with Crippen molar-refractivity contribution in [2.24, 2.45) is 16.1 Å². The molecule has 0 aliphatic heterocycles. The minimum absolute atomic E-state index is 0.292. The number of nitrogens with zero attached hydrogens (tertiary/aromatic N) is 3. The molecule has 1 aromatic carbocycles. The predicted molar refractivity (Wildman–Crippen MR) is 118 cm³/mol. The van der Waals surface area contributed by atoms with Gasteiger partial charge in [-0.3, -0.25) is 14.4 Å². The van der Waals surface area contributed by atoms with Crippen LogP contribution in [0, 0.1) is 5.92 Å². The molecule has 1 rings (SSSR count). The van der Waals surface area contributed by atoms with Gasteiger partial charge in [-0.05, 0) is 54.7 Å². The third kappa shape index (κ3) is 11.4. The van der Waals surface area contributed by atoms with Gasteiger partial charge < -0.3 is 10.1 Å². The molecule has 0 unspecified atom stereocenters. The van der Waals surface area contributed by atoms with Crippen LogP contribution in [0.25, 0.3) is 0 Å². The molecule has 0 aliphatic carbocycles. The SMILES string of the molecule is CCc1cc(/C=N/N(C=O)CC)ccc1OC(/C=C/C(C)C)=N/NC=O.CNC=O. The van der Waals surface area contributed by atoms with E-state index in [1.807, 2.05) is 52.0 Å². The molecule has 3 amide bonds. The van der Waals surface area contributed by atoms with Crippen molar-refractivity contribution in [1.29, 1.82) is 0 Å². The standard InChI is InChI=1S/C19H26N4O3.C2H5NO/c1-5-17-11-16(12-21-23(6-2)14-25)8-9-18(17)26-19(22-20-13-24)10-7-15(3)4;1-3-2-4/h7-15H,5-6H2,1-4H3,(H,20,24);2H,1H3,(H,3,4)/b10-7+,21-12+,22-19+;. The van der Waals surface area contributed by atoms with Crippen molar-refractivity contribution in [2.75, 3.05) is 13.6 Å². The van der Waals surface area contributed by atoms with Gasteiger partial charge in [0.2, 0.25) is 25.1 Å². The Morgan fingerprint density at radius 1 is 1.20 bits per heavy atom. The van der Waals surface area contributed by atoms with Crippen LogP contribution in [-0.2, 0) is 20.8 Å². The molecule has 164 valence electrons. The second-order valence-corrected chi connectivity index (χ2v) is 6.14. The first kappa shape index (κ1) is 26.5. The number of hydrogen-bond acceptors (Lipinski definition) is 6. The Morgan fingerprint density at radius 2 is 1.90 bits per heavy atom. The first-order chi connectivity index (χ1) is 14.4. The molecular formula is C21H31N5O4. The largest absolute Gasteiger partial charge is 0.437 e. The third-order valence-electron chi connectivity index (χ3n) is 3.45. The number of carbonyl (C=O) groups is 3. The van der Waals surface area contributed by atoms with Gasteiger partial charge in [0.25, 0.3) is 0 Å². The van der Waals surface area contributed by atoms with Gasteiger partial charge in [0.15, 0.2) is 0 Å². The first-order valence-corrected chi connectivity index (χ1v) is 9.58. The Kier molecular flexibility index (Phi) is 14.5. The van der Waals surface area contributed by atoms with Crippen LogP contribution in [0.15, 0.2) is 40.6 Å². The molecule has 2 N–H and O–H groups in total. The Balaban J connectivity index is 0.00000192. The van der Waals surface area contributed by atoms with Gasteiger partial charge in [-0.1, -0.05) is 26.8 Å². The number of hydrogen-bond donors (Lipinski definition) is 2. The van der Waals surface area contributed by atoms with Crippen LogP contribution in [0.1, 0.15) is 38.8 Å². The van der Waals surface area contributed by atoms with E-state index in [9.17, 15) is 9.59 Å². The summed E-state index contributed by atoms with van der Waals surface area (Å²) in [5.74, 6) is 1.26. The molecule has 0 spiro atoms. The Labute approximate surface area is 177 Å². The highest BCUT2D eigenvalue weighted by Crippen LogP contribution is 2.21. The molecule has 9 nitrogen and oxygen atoms in total. The molecule has 0 aliphatic rings. The van der Waals surface area contributed by atoms with E-state index in [0.717, 1.165) is 17.5 Å². The van der Waals surface area contributed by atoms with Gasteiger partial charge in [-0.2, -0.15) is 5.10 Å². The molecule has 0 radical (unpaired) electrons. The number of hydrazone groups is 2.